The van der Waals surface area contributed by atoms with Crippen molar-refractivity contribution in [2.45, 2.75) is 135 Å². The van der Waals surface area contributed by atoms with Crippen LogP contribution in [-0.4, -0.2) is 212 Å². The van der Waals surface area contributed by atoms with Gasteiger partial charge in [0.2, 0.25) is 17.7 Å². The number of rotatable bonds is 11. The van der Waals surface area contributed by atoms with Gasteiger partial charge in [0.05, 0.1) is 31.0 Å². The first-order valence-corrected chi connectivity index (χ1v) is 34.9. The standard InChI is InChI=1S/C24H30N6O2.C22H28N8O2.C17H24N6O2.C5H5ClN2.CH4O/c1-16-13-28(14-18-6-4-3-5-7-18)15-20(16)22-26-24(32)21-12-25-23(30(21)27-22)19-8-10-29(11-9-19)17(2)31;1-14-11-28(13-19-23-6-3-7-24-19)12-17(14)20-26-22(32)18-10-25-21(30(18)27-20)16-4-8-29(9-5-16)15(2)31;1-10-7-18-8-13(10)15-20-17(25)14-9-19-16(23(14)21-15)12-3-5-22(6-4-12)11(2)24;6-4-5-7-2-1-3-8-5;1-2/h3-7,12,16,19-20H,8-11,13-15H2,1-2H3,(H,26,27,32);3,6-7,10,14,16-17H,4-5,8-9,11-13H2,1-2H3,(H,26,27,32);9-10,12-13,18H,3-8H2,1-2H3,(H,20,21,25);1-3H,4H2;2H,1H3. The van der Waals surface area contributed by atoms with Crippen molar-refractivity contribution in [3.63, 3.8) is 0 Å². The third-order valence-electron chi connectivity index (χ3n) is 20.2. The summed E-state index contributed by atoms with van der Waals surface area (Å²) in [6.07, 6.45) is 16.7. The molecule has 6 aliphatic rings. The second-order valence-electron chi connectivity index (χ2n) is 26.8. The molecule has 99 heavy (non-hydrogen) atoms. The Bertz CT molecular complexity index is 4160. The van der Waals surface area contributed by atoms with Crippen LogP contribution in [0.3, 0.4) is 0 Å². The number of aromatic nitrogens is 16. The summed E-state index contributed by atoms with van der Waals surface area (Å²) in [4.78, 5) is 122. The number of nitrogens with one attached hydrogen (secondary N) is 4. The van der Waals surface area contributed by atoms with E-state index in [0.717, 1.165) is 153 Å². The molecule has 6 fully saturated rings. The van der Waals surface area contributed by atoms with E-state index in [-0.39, 0.29) is 69.9 Å². The average Bonchev–Trinajstić information content (AvgIpc) is 1.68. The highest BCUT2D eigenvalue weighted by molar-refractivity contribution is 6.16. The molecule has 5 N–H and O–H groups in total. The maximum atomic E-state index is 12.9. The molecule has 526 valence electrons. The van der Waals surface area contributed by atoms with Crippen LogP contribution < -0.4 is 22.0 Å². The van der Waals surface area contributed by atoms with Gasteiger partial charge in [-0.3, -0.25) is 38.6 Å². The number of alkyl halides is 1. The third-order valence-corrected chi connectivity index (χ3v) is 20.4. The Morgan fingerprint density at radius 3 is 1.17 bits per heavy atom. The molecule has 0 aliphatic carbocycles. The van der Waals surface area contributed by atoms with Crippen molar-refractivity contribution in [2.75, 3.05) is 85.6 Å². The zero-order valence-corrected chi connectivity index (χ0v) is 58.2. The number of nitrogens with zero attached hydrogens (tertiary/aromatic N) is 18. The molecule has 0 radical (unpaired) electrons. The Balaban J connectivity index is 0.000000141. The van der Waals surface area contributed by atoms with Crippen molar-refractivity contribution < 1.29 is 19.5 Å². The number of imidazole rings is 3. The molecule has 0 saturated carbocycles. The van der Waals surface area contributed by atoms with Crippen LogP contribution in [0, 0.1) is 17.8 Å². The normalized spacial score (nSPS) is 21.7. The summed E-state index contributed by atoms with van der Waals surface area (Å²) in [6, 6.07) is 14.1. The second kappa shape index (κ2) is 32.8. The Morgan fingerprint density at radius 1 is 0.465 bits per heavy atom. The summed E-state index contributed by atoms with van der Waals surface area (Å²) in [5, 5.41) is 24.8. The second-order valence-corrected chi connectivity index (χ2v) is 27.1. The highest BCUT2D eigenvalue weighted by Gasteiger charge is 2.37. The first-order valence-electron chi connectivity index (χ1n) is 34.4. The van der Waals surface area contributed by atoms with Gasteiger partial charge in [0.15, 0.2) is 16.6 Å². The van der Waals surface area contributed by atoms with E-state index in [1.165, 1.54) is 5.56 Å². The number of benzene rings is 1. The van der Waals surface area contributed by atoms with Crippen molar-refractivity contribution in [3.05, 3.63) is 169 Å². The third kappa shape index (κ3) is 16.8. The molecule has 6 saturated heterocycles. The predicted molar refractivity (Wildman–Crippen MR) is 371 cm³/mol. The summed E-state index contributed by atoms with van der Waals surface area (Å²) >= 11 is 5.40. The number of carbonyl (C=O) groups excluding carboxylic acids is 3. The molecule has 6 atom stereocenters. The van der Waals surface area contributed by atoms with Crippen LogP contribution in [0.15, 0.2) is 100 Å². The molecular formula is C69H91ClN22O7. The van der Waals surface area contributed by atoms with Crippen LogP contribution >= 0.6 is 11.6 Å². The first kappa shape index (κ1) is 71.3. The Labute approximate surface area is 578 Å². The number of aromatic amines is 3. The van der Waals surface area contributed by atoms with Gasteiger partial charge in [-0.05, 0) is 80.5 Å². The van der Waals surface area contributed by atoms with Gasteiger partial charge in [0.1, 0.15) is 46.6 Å². The fourth-order valence-corrected chi connectivity index (χ4v) is 14.8. The lowest BCUT2D eigenvalue weighted by Gasteiger charge is -2.30. The SMILES string of the molecule is CC(=O)N1CCC(c2ncc3c(=O)[nH]c(C4CN(Cc5ccccc5)CC4C)nn23)CC1.CC(=O)N1CCC(c2ncc3c(=O)[nH]c(C4CN(Cc5ncccn5)CC4C)nn23)CC1.CC(=O)N1CCC(c2ncc3c(=O)[nH]c(C4CNCC4C)nn23)CC1.CO.ClCc1ncccn1. The van der Waals surface area contributed by atoms with Gasteiger partial charge in [-0.2, -0.15) is 15.3 Å². The number of H-pyrrole nitrogens is 3. The first-order chi connectivity index (χ1) is 48.0. The molecule has 9 aromatic rings. The molecule has 6 unspecified atom stereocenters. The Morgan fingerprint density at radius 2 is 0.828 bits per heavy atom. The number of halogens is 1. The van der Waals surface area contributed by atoms with Gasteiger partial charge in [0, 0.05) is 167 Å². The minimum Gasteiger partial charge on any atom is -0.400 e. The summed E-state index contributed by atoms with van der Waals surface area (Å²) in [5.74, 6) is 9.14. The van der Waals surface area contributed by atoms with Crippen LogP contribution in [0.2, 0.25) is 0 Å². The van der Waals surface area contributed by atoms with Gasteiger partial charge in [-0.25, -0.2) is 48.4 Å². The number of piperidine rings is 3. The molecule has 1 aromatic carbocycles. The monoisotopic (exact) mass is 1370 g/mol. The molecule has 6 aliphatic heterocycles. The highest BCUT2D eigenvalue weighted by atomic mass is 35.5. The summed E-state index contributed by atoms with van der Waals surface area (Å²) < 4.78 is 5.22. The number of carbonyl (C=O) groups is 3. The maximum absolute atomic E-state index is 12.9. The smallest absolute Gasteiger partial charge is 0.276 e. The van der Waals surface area contributed by atoms with Crippen molar-refractivity contribution in [2.24, 2.45) is 17.8 Å². The lowest BCUT2D eigenvalue weighted by molar-refractivity contribution is -0.130. The highest BCUT2D eigenvalue weighted by Crippen LogP contribution is 2.35. The quantitative estimate of drug-likeness (QED) is 0.108. The average molecular weight is 1380 g/mol. The number of fused-ring (bicyclic) bond motifs is 3. The van der Waals surface area contributed by atoms with E-state index in [1.54, 1.807) is 83.8 Å². The van der Waals surface area contributed by atoms with Crippen LogP contribution in [0.25, 0.3) is 16.6 Å². The van der Waals surface area contributed by atoms with Gasteiger partial charge in [0.25, 0.3) is 16.7 Å². The van der Waals surface area contributed by atoms with Crippen molar-refractivity contribution >= 4 is 45.9 Å². The number of aliphatic hydroxyl groups is 1. The number of aliphatic hydroxyl groups excluding tert-OH is 1. The molecule has 8 aromatic heterocycles. The minimum absolute atomic E-state index is 0.106. The molecular weight excluding hydrogens is 1280 g/mol. The summed E-state index contributed by atoms with van der Waals surface area (Å²) in [5.41, 5.74) is 2.32. The van der Waals surface area contributed by atoms with E-state index >= 15 is 0 Å². The number of likely N-dealkylation sites (tertiary alicyclic amines) is 5. The largest absolute Gasteiger partial charge is 0.400 e. The zero-order chi connectivity index (χ0) is 69.9. The van der Waals surface area contributed by atoms with Crippen molar-refractivity contribution in [1.82, 2.24) is 108 Å². The molecule has 29 nitrogen and oxygen atoms in total. The topological polar surface area (TPSA) is 340 Å². The van der Waals surface area contributed by atoms with Crippen LogP contribution in [0.5, 0.6) is 0 Å². The molecule has 0 spiro atoms. The van der Waals surface area contributed by atoms with E-state index in [4.69, 9.17) is 32.0 Å². The Hall–Kier alpha value is -9.03. The maximum Gasteiger partial charge on any atom is 0.276 e. The van der Waals surface area contributed by atoms with Gasteiger partial charge >= 0.3 is 0 Å². The lowest BCUT2D eigenvalue weighted by atomic mass is 9.96. The van der Waals surface area contributed by atoms with Crippen molar-refractivity contribution in [1.29, 1.82) is 0 Å². The van der Waals surface area contributed by atoms with E-state index in [1.807, 2.05) is 26.8 Å². The number of hydrogen-bond acceptors (Lipinski definition) is 20. The van der Waals surface area contributed by atoms with Crippen LogP contribution in [0.1, 0.15) is 168 Å². The van der Waals surface area contributed by atoms with E-state index in [2.05, 4.69) is 110 Å². The fraction of sp³-hybridized carbons (Fsp3) is 0.536. The van der Waals surface area contributed by atoms with E-state index in [0.29, 0.717) is 71.5 Å². The molecule has 14 heterocycles. The predicted octanol–water partition coefficient (Wildman–Crippen LogP) is 4.84. The van der Waals surface area contributed by atoms with Crippen LogP contribution in [0.4, 0.5) is 0 Å². The van der Waals surface area contributed by atoms with E-state index < -0.39 is 0 Å². The Kier molecular flexibility index (Phi) is 23.6. The minimum atomic E-state index is -0.160. The number of hydrogen-bond donors (Lipinski definition) is 5. The van der Waals surface area contributed by atoms with E-state index in [9.17, 15) is 28.8 Å². The summed E-state index contributed by atoms with van der Waals surface area (Å²) in [6.45, 7) is 22.6. The van der Waals surface area contributed by atoms with Gasteiger partial charge in [-0.15, -0.1) is 11.6 Å². The van der Waals surface area contributed by atoms with Crippen molar-refractivity contribution in [3.8, 4) is 0 Å². The zero-order valence-electron chi connectivity index (χ0n) is 57.5. The molecule has 0 bridgehead atoms. The molecule has 15 rings (SSSR count). The molecule has 3 amide bonds. The lowest BCUT2D eigenvalue weighted by Crippen LogP contribution is -2.36. The van der Waals surface area contributed by atoms with Gasteiger partial charge in [-0.1, -0.05) is 51.1 Å². The van der Waals surface area contributed by atoms with Gasteiger partial charge < -0.3 is 40.1 Å². The number of amides is 3. The van der Waals surface area contributed by atoms with Crippen LogP contribution in [-0.2, 0) is 33.4 Å². The molecule has 30 heteroatoms. The fourth-order valence-electron chi connectivity index (χ4n) is 14.6. The summed E-state index contributed by atoms with van der Waals surface area (Å²) in [7, 11) is 1.00.